The lowest BCUT2D eigenvalue weighted by atomic mass is 9.97. The van der Waals surface area contributed by atoms with Gasteiger partial charge < -0.3 is 20.3 Å². The fourth-order valence-electron chi connectivity index (χ4n) is 3.51. The van der Waals surface area contributed by atoms with E-state index in [1.807, 2.05) is 60.5 Å². The van der Waals surface area contributed by atoms with Crippen LogP contribution in [-0.2, 0) is 0 Å². The van der Waals surface area contributed by atoms with Crippen molar-refractivity contribution >= 4 is 17.3 Å². The van der Waals surface area contributed by atoms with E-state index >= 15 is 0 Å². The second kappa shape index (κ2) is 8.72. The van der Waals surface area contributed by atoms with Crippen molar-refractivity contribution in [1.82, 2.24) is 10.2 Å². The third-order valence-electron chi connectivity index (χ3n) is 4.81. The monoisotopic (exact) mass is 353 g/mol. The number of para-hydroxylation sites is 1. The first-order chi connectivity index (χ1) is 12.7. The SMILES string of the molecule is CNCC1CCCN(C(=O)c2ccccc2Nc2cccc(OC)c2)C1. The van der Waals surface area contributed by atoms with E-state index in [4.69, 9.17) is 4.74 Å². The maximum Gasteiger partial charge on any atom is 0.255 e. The minimum Gasteiger partial charge on any atom is -0.497 e. The number of piperidine rings is 1. The van der Waals surface area contributed by atoms with Crippen molar-refractivity contribution in [3.05, 3.63) is 54.1 Å². The Kier molecular flexibility index (Phi) is 6.12. The maximum atomic E-state index is 13.1. The van der Waals surface area contributed by atoms with E-state index < -0.39 is 0 Å². The summed E-state index contributed by atoms with van der Waals surface area (Å²) in [6, 6.07) is 15.4. The van der Waals surface area contributed by atoms with Gasteiger partial charge in [0.1, 0.15) is 5.75 Å². The number of methoxy groups -OCH3 is 1. The molecule has 5 heteroatoms. The van der Waals surface area contributed by atoms with Crippen LogP contribution in [0.25, 0.3) is 0 Å². The molecule has 0 aliphatic carbocycles. The summed E-state index contributed by atoms with van der Waals surface area (Å²) in [4.78, 5) is 15.1. The van der Waals surface area contributed by atoms with Crippen LogP contribution in [0.5, 0.6) is 5.75 Å². The van der Waals surface area contributed by atoms with Crippen LogP contribution in [0.2, 0.25) is 0 Å². The van der Waals surface area contributed by atoms with E-state index in [9.17, 15) is 4.79 Å². The first kappa shape index (κ1) is 18.3. The molecule has 1 heterocycles. The summed E-state index contributed by atoms with van der Waals surface area (Å²) in [5.74, 6) is 1.40. The number of likely N-dealkylation sites (tertiary alicyclic amines) is 1. The molecule has 0 aromatic heterocycles. The van der Waals surface area contributed by atoms with Crippen LogP contribution in [0.15, 0.2) is 48.5 Å². The Labute approximate surface area is 155 Å². The third-order valence-corrected chi connectivity index (χ3v) is 4.81. The van der Waals surface area contributed by atoms with Crippen LogP contribution in [0.3, 0.4) is 0 Å². The Morgan fingerprint density at radius 1 is 1.23 bits per heavy atom. The van der Waals surface area contributed by atoms with Crippen molar-refractivity contribution in [2.24, 2.45) is 5.92 Å². The number of amides is 1. The van der Waals surface area contributed by atoms with Crippen LogP contribution < -0.4 is 15.4 Å². The van der Waals surface area contributed by atoms with Gasteiger partial charge in [-0.05, 0) is 56.6 Å². The predicted octanol–water partition coefficient (Wildman–Crippen LogP) is 3.51. The van der Waals surface area contributed by atoms with Crippen LogP contribution in [0, 0.1) is 5.92 Å². The van der Waals surface area contributed by atoms with E-state index in [1.54, 1.807) is 7.11 Å². The molecule has 138 valence electrons. The summed E-state index contributed by atoms with van der Waals surface area (Å²) < 4.78 is 5.28. The average molecular weight is 353 g/mol. The van der Waals surface area contributed by atoms with Crippen molar-refractivity contribution in [3.63, 3.8) is 0 Å². The number of rotatable bonds is 6. The topological polar surface area (TPSA) is 53.6 Å². The Morgan fingerprint density at radius 3 is 2.88 bits per heavy atom. The van der Waals surface area contributed by atoms with Gasteiger partial charge >= 0.3 is 0 Å². The quantitative estimate of drug-likeness (QED) is 0.834. The summed E-state index contributed by atoms with van der Waals surface area (Å²) in [5.41, 5.74) is 2.43. The fraction of sp³-hybridized carbons (Fsp3) is 0.381. The molecule has 3 rings (SSSR count). The van der Waals surface area contributed by atoms with Crippen LogP contribution in [0.1, 0.15) is 23.2 Å². The highest BCUT2D eigenvalue weighted by Crippen LogP contribution is 2.26. The highest BCUT2D eigenvalue weighted by molar-refractivity contribution is 6.00. The molecule has 2 aromatic carbocycles. The number of hydrogen-bond donors (Lipinski definition) is 2. The molecule has 2 aromatic rings. The minimum atomic E-state index is 0.0943. The summed E-state index contributed by atoms with van der Waals surface area (Å²) in [6.07, 6.45) is 2.23. The maximum absolute atomic E-state index is 13.1. The lowest BCUT2D eigenvalue weighted by Gasteiger charge is -2.33. The van der Waals surface area contributed by atoms with Crippen molar-refractivity contribution in [1.29, 1.82) is 0 Å². The number of nitrogens with zero attached hydrogens (tertiary/aromatic N) is 1. The fourth-order valence-corrected chi connectivity index (χ4v) is 3.51. The molecule has 1 atom stereocenters. The van der Waals surface area contributed by atoms with Crippen molar-refractivity contribution in [2.75, 3.05) is 39.1 Å². The zero-order valence-electron chi connectivity index (χ0n) is 15.5. The number of carbonyl (C=O) groups is 1. The standard InChI is InChI=1S/C21H27N3O2/c1-22-14-16-7-6-12-24(15-16)21(25)19-10-3-4-11-20(19)23-17-8-5-9-18(13-17)26-2/h3-5,8-11,13,16,22-23H,6-7,12,14-15H2,1-2H3. The Morgan fingerprint density at radius 2 is 2.08 bits per heavy atom. The van der Waals surface area contributed by atoms with Gasteiger partial charge in [0.05, 0.1) is 18.4 Å². The van der Waals surface area contributed by atoms with Crippen molar-refractivity contribution in [2.45, 2.75) is 12.8 Å². The largest absolute Gasteiger partial charge is 0.497 e. The van der Waals surface area contributed by atoms with E-state index in [1.165, 1.54) is 6.42 Å². The summed E-state index contributed by atoms with van der Waals surface area (Å²) in [6.45, 7) is 2.59. The van der Waals surface area contributed by atoms with Gasteiger partial charge in [-0.25, -0.2) is 0 Å². The lowest BCUT2D eigenvalue weighted by Crippen LogP contribution is -2.42. The Balaban J connectivity index is 1.78. The first-order valence-corrected chi connectivity index (χ1v) is 9.15. The van der Waals surface area contributed by atoms with E-state index in [0.29, 0.717) is 11.5 Å². The van der Waals surface area contributed by atoms with E-state index in [2.05, 4.69) is 10.6 Å². The number of carbonyl (C=O) groups excluding carboxylic acids is 1. The van der Waals surface area contributed by atoms with E-state index in [-0.39, 0.29) is 5.91 Å². The molecule has 1 aliphatic heterocycles. The van der Waals surface area contributed by atoms with Crippen molar-refractivity contribution in [3.8, 4) is 5.75 Å². The zero-order valence-corrected chi connectivity index (χ0v) is 15.5. The van der Waals surface area contributed by atoms with Crippen LogP contribution >= 0.6 is 0 Å². The molecule has 26 heavy (non-hydrogen) atoms. The van der Waals surface area contributed by atoms with Gasteiger partial charge in [0.2, 0.25) is 0 Å². The lowest BCUT2D eigenvalue weighted by molar-refractivity contribution is 0.0675. The van der Waals surface area contributed by atoms with Gasteiger partial charge in [-0.2, -0.15) is 0 Å². The summed E-state index contributed by atoms with van der Waals surface area (Å²) >= 11 is 0. The third kappa shape index (κ3) is 4.35. The minimum absolute atomic E-state index is 0.0943. The average Bonchev–Trinajstić information content (AvgIpc) is 2.68. The molecule has 1 saturated heterocycles. The highest BCUT2D eigenvalue weighted by Gasteiger charge is 2.25. The number of hydrogen-bond acceptors (Lipinski definition) is 4. The molecule has 0 bridgehead atoms. The molecule has 1 amide bonds. The molecule has 5 nitrogen and oxygen atoms in total. The summed E-state index contributed by atoms with van der Waals surface area (Å²) in [7, 11) is 3.61. The molecule has 1 aliphatic rings. The van der Waals surface area contributed by atoms with E-state index in [0.717, 1.165) is 43.2 Å². The Hall–Kier alpha value is -2.53. The number of benzene rings is 2. The summed E-state index contributed by atoms with van der Waals surface area (Å²) in [5, 5.41) is 6.59. The van der Waals surface area contributed by atoms with Gasteiger partial charge in [-0.3, -0.25) is 4.79 Å². The van der Waals surface area contributed by atoms with Crippen LogP contribution in [0.4, 0.5) is 11.4 Å². The zero-order chi connectivity index (χ0) is 18.4. The van der Waals surface area contributed by atoms with Gasteiger partial charge in [-0.15, -0.1) is 0 Å². The molecular formula is C21H27N3O2. The second-order valence-electron chi connectivity index (χ2n) is 6.72. The van der Waals surface area contributed by atoms with Crippen molar-refractivity contribution < 1.29 is 9.53 Å². The first-order valence-electron chi connectivity index (χ1n) is 9.15. The number of anilines is 2. The molecule has 0 radical (unpaired) electrons. The number of ether oxygens (including phenoxy) is 1. The van der Waals surface area contributed by atoms with Gasteiger partial charge in [0.25, 0.3) is 5.91 Å². The molecule has 0 spiro atoms. The molecule has 1 fully saturated rings. The van der Waals surface area contributed by atoms with Gasteiger partial charge in [-0.1, -0.05) is 18.2 Å². The Bertz CT molecular complexity index is 746. The molecule has 0 saturated carbocycles. The number of nitrogens with one attached hydrogen (secondary N) is 2. The van der Waals surface area contributed by atoms with Gasteiger partial charge in [0, 0.05) is 24.8 Å². The molecular weight excluding hydrogens is 326 g/mol. The normalized spacial score (nSPS) is 17.0. The van der Waals surface area contributed by atoms with Gasteiger partial charge in [0.15, 0.2) is 0 Å². The predicted molar refractivity (Wildman–Crippen MR) is 105 cm³/mol. The molecule has 2 N–H and O–H groups in total. The molecule has 1 unspecified atom stereocenters. The smallest absolute Gasteiger partial charge is 0.255 e. The second-order valence-corrected chi connectivity index (χ2v) is 6.72. The highest BCUT2D eigenvalue weighted by atomic mass is 16.5. The van der Waals surface area contributed by atoms with Crippen LogP contribution in [-0.4, -0.2) is 44.6 Å².